The predicted octanol–water partition coefficient (Wildman–Crippen LogP) is 3.41. The van der Waals surface area contributed by atoms with E-state index >= 15 is 0 Å². The lowest BCUT2D eigenvalue weighted by Crippen LogP contribution is -2.21. The van der Waals surface area contributed by atoms with Crippen molar-refractivity contribution >= 4 is 23.1 Å². The predicted molar refractivity (Wildman–Crippen MR) is 67.1 cm³/mol. The van der Waals surface area contributed by atoms with Gasteiger partial charge >= 0.3 is 0 Å². The van der Waals surface area contributed by atoms with Gasteiger partial charge in [-0.2, -0.15) is 0 Å². The van der Waals surface area contributed by atoms with Crippen LogP contribution in [-0.2, 0) is 0 Å². The Morgan fingerprint density at radius 1 is 1.50 bits per heavy atom. The van der Waals surface area contributed by atoms with Gasteiger partial charge in [0, 0.05) is 23.2 Å². The van der Waals surface area contributed by atoms with Gasteiger partial charge in [-0.3, -0.25) is 0 Å². The number of hydrogen-bond donors (Lipinski definition) is 2. The Kier molecular flexibility index (Phi) is 3.15. The molecule has 84 valence electrons. The third-order valence-electron chi connectivity index (χ3n) is 2.50. The molecular formula is C12H13ClN2O. The molecule has 3 nitrogen and oxygen atoms in total. The van der Waals surface area contributed by atoms with Crippen LogP contribution in [0.4, 0.5) is 5.69 Å². The van der Waals surface area contributed by atoms with Gasteiger partial charge in [-0.15, -0.1) is 0 Å². The Bertz CT molecular complexity index is 454. The first-order valence-electron chi connectivity index (χ1n) is 5.15. The molecule has 1 aromatic carbocycles. The SMILES string of the molecule is CC1CC=CN=C1Nc1ccc(Cl)cc1O. The van der Waals surface area contributed by atoms with Gasteiger partial charge in [0.25, 0.3) is 0 Å². The van der Waals surface area contributed by atoms with E-state index in [0.29, 0.717) is 16.6 Å². The molecule has 16 heavy (non-hydrogen) atoms. The second-order valence-corrected chi connectivity index (χ2v) is 4.26. The molecule has 0 spiro atoms. The van der Waals surface area contributed by atoms with Crippen molar-refractivity contribution in [1.29, 1.82) is 0 Å². The van der Waals surface area contributed by atoms with Crippen LogP contribution in [0, 0.1) is 5.92 Å². The molecule has 2 N–H and O–H groups in total. The highest BCUT2D eigenvalue weighted by Gasteiger charge is 2.13. The van der Waals surface area contributed by atoms with Crippen molar-refractivity contribution < 1.29 is 5.11 Å². The molecule has 4 heteroatoms. The fraction of sp³-hybridized carbons (Fsp3) is 0.250. The Hall–Kier alpha value is -1.48. The maximum atomic E-state index is 9.69. The van der Waals surface area contributed by atoms with Crippen molar-refractivity contribution in [2.75, 3.05) is 5.32 Å². The van der Waals surface area contributed by atoms with E-state index in [1.807, 2.05) is 6.08 Å². The summed E-state index contributed by atoms with van der Waals surface area (Å²) in [6.45, 7) is 2.09. The monoisotopic (exact) mass is 236 g/mol. The van der Waals surface area contributed by atoms with Crippen molar-refractivity contribution in [2.24, 2.45) is 10.9 Å². The van der Waals surface area contributed by atoms with Crippen molar-refractivity contribution in [1.82, 2.24) is 0 Å². The summed E-state index contributed by atoms with van der Waals surface area (Å²) in [6.07, 6.45) is 4.76. The van der Waals surface area contributed by atoms with Crippen LogP contribution in [0.15, 0.2) is 35.5 Å². The summed E-state index contributed by atoms with van der Waals surface area (Å²) in [6, 6.07) is 4.98. The standard InChI is InChI=1S/C12H13ClN2O/c1-8-3-2-6-14-12(8)15-10-5-4-9(13)7-11(10)16/h2,4-8,16H,3H2,1H3,(H,14,15). The molecule has 1 atom stereocenters. The molecule has 0 radical (unpaired) electrons. The van der Waals surface area contributed by atoms with E-state index in [9.17, 15) is 5.11 Å². The summed E-state index contributed by atoms with van der Waals surface area (Å²) >= 11 is 5.76. The minimum atomic E-state index is 0.136. The Morgan fingerprint density at radius 3 is 3.00 bits per heavy atom. The van der Waals surface area contributed by atoms with E-state index in [4.69, 9.17) is 11.6 Å². The van der Waals surface area contributed by atoms with Crippen LogP contribution in [0.5, 0.6) is 5.75 Å². The number of nitrogens with one attached hydrogen (secondary N) is 1. The average Bonchev–Trinajstić information content (AvgIpc) is 2.25. The maximum Gasteiger partial charge on any atom is 0.140 e. The summed E-state index contributed by atoms with van der Waals surface area (Å²) in [4.78, 5) is 4.25. The van der Waals surface area contributed by atoms with E-state index < -0.39 is 0 Å². The van der Waals surface area contributed by atoms with Crippen molar-refractivity contribution in [3.8, 4) is 5.75 Å². The van der Waals surface area contributed by atoms with Crippen LogP contribution >= 0.6 is 11.6 Å². The second kappa shape index (κ2) is 4.58. The van der Waals surface area contributed by atoms with Crippen LogP contribution in [0.25, 0.3) is 0 Å². The summed E-state index contributed by atoms with van der Waals surface area (Å²) in [7, 11) is 0. The highest BCUT2D eigenvalue weighted by molar-refractivity contribution is 6.30. The third kappa shape index (κ3) is 2.36. The molecule has 1 aliphatic rings. The molecule has 0 bridgehead atoms. The zero-order chi connectivity index (χ0) is 11.5. The molecule has 1 aromatic rings. The lowest BCUT2D eigenvalue weighted by Gasteiger charge is -2.18. The molecule has 0 fully saturated rings. The number of amidine groups is 1. The Labute approximate surface area is 99.5 Å². The number of rotatable bonds is 1. The van der Waals surface area contributed by atoms with Crippen molar-refractivity contribution in [3.63, 3.8) is 0 Å². The maximum absolute atomic E-state index is 9.69. The molecule has 1 heterocycles. The third-order valence-corrected chi connectivity index (χ3v) is 2.73. The van der Waals surface area contributed by atoms with E-state index in [1.54, 1.807) is 18.3 Å². The van der Waals surface area contributed by atoms with Gasteiger partial charge < -0.3 is 10.4 Å². The number of phenols is 1. The van der Waals surface area contributed by atoms with E-state index in [2.05, 4.69) is 17.2 Å². The highest BCUT2D eigenvalue weighted by atomic mass is 35.5. The van der Waals surface area contributed by atoms with Gasteiger partial charge in [0.1, 0.15) is 11.6 Å². The number of aliphatic imine (C=N–C) groups is 1. The first-order chi connectivity index (χ1) is 7.66. The quantitative estimate of drug-likeness (QED) is 0.734. The number of halogens is 1. The Morgan fingerprint density at radius 2 is 2.31 bits per heavy atom. The summed E-state index contributed by atoms with van der Waals surface area (Å²) in [5.74, 6) is 1.33. The number of hydrogen-bond acceptors (Lipinski definition) is 3. The van der Waals surface area contributed by atoms with Crippen LogP contribution in [0.1, 0.15) is 13.3 Å². The zero-order valence-electron chi connectivity index (χ0n) is 8.94. The van der Waals surface area contributed by atoms with Crippen LogP contribution in [-0.4, -0.2) is 10.9 Å². The molecule has 2 rings (SSSR count). The largest absolute Gasteiger partial charge is 0.506 e. The Balaban J connectivity index is 2.20. The van der Waals surface area contributed by atoms with Gasteiger partial charge in [0.05, 0.1) is 5.69 Å². The highest BCUT2D eigenvalue weighted by Crippen LogP contribution is 2.27. The van der Waals surface area contributed by atoms with Gasteiger partial charge in [0.15, 0.2) is 0 Å². The number of benzene rings is 1. The molecule has 0 saturated carbocycles. The number of nitrogens with zero attached hydrogens (tertiary/aromatic N) is 1. The number of allylic oxidation sites excluding steroid dienone is 1. The van der Waals surface area contributed by atoms with Crippen molar-refractivity contribution in [3.05, 3.63) is 35.5 Å². The fourth-order valence-corrected chi connectivity index (χ4v) is 1.71. The first kappa shape index (κ1) is 11.0. The van der Waals surface area contributed by atoms with Gasteiger partial charge in [-0.25, -0.2) is 4.99 Å². The summed E-state index contributed by atoms with van der Waals surface area (Å²) in [5, 5.41) is 13.3. The molecule has 1 aliphatic heterocycles. The minimum Gasteiger partial charge on any atom is -0.506 e. The van der Waals surface area contributed by atoms with Gasteiger partial charge in [0.2, 0.25) is 0 Å². The molecule has 0 aromatic heterocycles. The number of aromatic hydroxyl groups is 1. The van der Waals surface area contributed by atoms with Crippen LogP contribution < -0.4 is 5.32 Å². The lowest BCUT2D eigenvalue weighted by molar-refractivity contribution is 0.478. The normalized spacial score (nSPS) is 19.4. The number of phenolic OH excluding ortho intramolecular Hbond substituents is 1. The minimum absolute atomic E-state index is 0.136. The number of anilines is 1. The molecular weight excluding hydrogens is 224 g/mol. The molecule has 0 aliphatic carbocycles. The fourth-order valence-electron chi connectivity index (χ4n) is 1.54. The van der Waals surface area contributed by atoms with Crippen molar-refractivity contribution in [2.45, 2.75) is 13.3 Å². The van der Waals surface area contributed by atoms with Crippen LogP contribution in [0.3, 0.4) is 0 Å². The van der Waals surface area contributed by atoms with E-state index in [-0.39, 0.29) is 5.75 Å². The zero-order valence-corrected chi connectivity index (χ0v) is 9.70. The molecule has 1 unspecified atom stereocenters. The smallest absolute Gasteiger partial charge is 0.140 e. The first-order valence-corrected chi connectivity index (χ1v) is 5.53. The molecule has 0 saturated heterocycles. The second-order valence-electron chi connectivity index (χ2n) is 3.82. The van der Waals surface area contributed by atoms with Gasteiger partial charge in [-0.05, 0) is 18.6 Å². The molecule has 0 amide bonds. The van der Waals surface area contributed by atoms with Crippen LogP contribution in [0.2, 0.25) is 5.02 Å². The van der Waals surface area contributed by atoms with Gasteiger partial charge in [-0.1, -0.05) is 24.6 Å². The lowest BCUT2D eigenvalue weighted by atomic mass is 10.0. The van der Waals surface area contributed by atoms with E-state index in [1.165, 1.54) is 6.07 Å². The summed E-state index contributed by atoms with van der Waals surface area (Å²) in [5.41, 5.74) is 0.630. The average molecular weight is 237 g/mol. The summed E-state index contributed by atoms with van der Waals surface area (Å²) < 4.78 is 0. The van der Waals surface area contributed by atoms with E-state index in [0.717, 1.165) is 12.3 Å². The topological polar surface area (TPSA) is 44.6 Å².